The molecule has 1 heterocycles. The Hall–Kier alpha value is -1.56. The average molecular weight is 269 g/mol. The van der Waals surface area contributed by atoms with Gasteiger partial charge in [0.2, 0.25) is 0 Å². The molecular weight excluding hydrogens is 254 g/mol. The van der Waals surface area contributed by atoms with Crippen LogP contribution in [0.2, 0.25) is 0 Å². The van der Waals surface area contributed by atoms with Crippen LogP contribution in [-0.4, -0.2) is 38.3 Å². The second-order valence-electron chi connectivity index (χ2n) is 4.37. The van der Waals surface area contributed by atoms with Crippen LogP contribution in [0, 0.1) is 6.92 Å². The third-order valence-corrected chi connectivity index (χ3v) is 4.80. The summed E-state index contributed by atoms with van der Waals surface area (Å²) >= 11 is 0. The zero-order chi connectivity index (χ0) is 13.3. The van der Waals surface area contributed by atoms with Gasteiger partial charge in [0, 0.05) is 13.1 Å². The molecule has 0 aliphatic carbocycles. The number of aliphatic carboxylic acids is 1. The number of para-hydroxylation sites is 1. The Morgan fingerprint density at radius 3 is 2.83 bits per heavy atom. The lowest BCUT2D eigenvalue weighted by molar-refractivity contribution is -0.136. The molecule has 0 saturated heterocycles. The molecule has 0 atom stereocenters. The predicted molar refractivity (Wildman–Crippen MR) is 67.7 cm³/mol. The van der Waals surface area contributed by atoms with Crippen LogP contribution in [0.1, 0.15) is 12.0 Å². The van der Waals surface area contributed by atoms with E-state index < -0.39 is 15.8 Å². The summed E-state index contributed by atoms with van der Waals surface area (Å²) < 4.78 is 23.9. The number of anilines is 1. The van der Waals surface area contributed by atoms with Crippen molar-refractivity contribution in [2.45, 2.75) is 18.2 Å². The fourth-order valence-corrected chi connectivity index (χ4v) is 3.75. The van der Waals surface area contributed by atoms with E-state index in [2.05, 4.69) is 0 Å². The molecule has 0 saturated carbocycles. The van der Waals surface area contributed by atoms with Crippen molar-refractivity contribution in [2.75, 3.05) is 23.7 Å². The monoisotopic (exact) mass is 269 g/mol. The highest BCUT2D eigenvalue weighted by atomic mass is 32.2. The molecule has 0 aromatic heterocycles. The van der Waals surface area contributed by atoms with E-state index in [1.807, 2.05) is 17.9 Å². The predicted octanol–water partition coefficient (Wildman–Crippen LogP) is 1.06. The fourth-order valence-electron chi connectivity index (χ4n) is 2.19. The van der Waals surface area contributed by atoms with Gasteiger partial charge in [0.05, 0.1) is 22.8 Å². The van der Waals surface area contributed by atoms with Gasteiger partial charge in [0.1, 0.15) is 0 Å². The molecule has 0 amide bonds. The van der Waals surface area contributed by atoms with Gasteiger partial charge in [-0.15, -0.1) is 0 Å². The molecule has 2 rings (SSSR count). The summed E-state index contributed by atoms with van der Waals surface area (Å²) in [5, 5.41) is 8.72. The van der Waals surface area contributed by atoms with E-state index in [0.29, 0.717) is 23.7 Å². The fraction of sp³-hybridized carbons (Fsp3) is 0.417. The highest BCUT2D eigenvalue weighted by Gasteiger charge is 2.29. The maximum absolute atomic E-state index is 12.0. The first-order chi connectivity index (χ1) is 8.42. The van der Waals surface area contributed by atoms with Crippen LogP contribution in [0.15, 0.2) is 23.1 Å². The highest BCUT2D eigenvalue weighted by molar-refractivity contribution is 7.91. The van der Waals surface area contributed by atoms with Crippen LogP contribution in [0.25, 0.3) is 0 Å². The molecule has 0 bridgehead atoms. The molecule has 1 aromatic rings. The molecule has 5 nitrogen and oxygen atoms in total. The second-order valence-corrected chi connectivity index (χ2v) is 6.45. The number of nitrogens with zero attached hydrogens (tertiary/aromatic N) is 1. The molecular formula is C12H15NO4S. The number of hydrogen-bond acceptors (Lipinski definition) is 4. The first kappa shape index (κ1) is 12.9. The number of hydrogen-bond donors (Lipinski definition) is 1. The summed E-state index contributed by atoms with van der Waals surface area (Å²) in [5.74, 6) is -0.832. The van der Waals surface area contributed by atoms with Gasteiger partial charge < -0.3 is 10.0 Å². The quantitative estimate of drug-likeness (QED) is 0.888. The molecule has 1 aliphatic heterocycles. The number of fused-ring (bicyclic) bond motifs is 1. The SMILES string of the molecule is Cc1cccc2c1N(CCC(=O)O)CCS2(=O)=O. The number of benzene rings is 1. The lowest BCUT2D eigenvalue weighted by Crippen LogP contribution is -2.37. The normalized spacial score (nSPS) is 17.3. The van der Waals surface area contributed by atoms with E-state index in [0.717, 1.165) is 5.56 Å². The van der Waals surface area contributed by atoms with Crippen molar-refractivity contribution in [3.63, 3.8) is 0 Å². The topological polar surface area (TPSA) is 74.7 Å². The summed E-state index contributed by atoms with van der Waals surface area (Å²) in [4.78, 5) is 12.8. The number of carboxylic acid groups (broad SMARTS) is 1. The van der Waals surface area contributed by atoms with Crippen molar-refractivity contribution in [3.8, 4) is 0 Å². The molecule has 0 radical (unpaired) electrons. The Kier molecular flexibility index (Phi) is 3.30. The van der Waals surface area contributed by atoms with Crippen molar-refractivity contribution >= 4 is 21.5 Å². The smallest absolute Gasteiger partial charge is 0.305 e. The van der Waals surface area contributed by atoms with Gasteiger partial charge in [-0.3, -0.25) is 4.79 Å². The van der Waals surface area contributed by atoms with Gasteiger partial charge >= 0.3 is 5.97 Å². The van der Waals surface area contributed by atoms with Crippen LogP contribution >= 0.6 is 0 Å². The standard InChI is InChI=1S/C12H15NO4S/c1-9-3-2-4-10-12(9)13(6-5-11(14)15)7-8-18(10,16)17/h2-4H,5-8H2,1H3,(H,14,15). The summed E-state index contributed by atoms with van der Waals surface area (Å²) in [7, 11) is -3.23. The van der Waals surface area contributed by atoms with Crippen LogP contribution < -0.4 is 4.90 Å². The van der Waals surface area contributed by atoms with Crippen molar-refractivity contribution < 1.29 is 18.3 Å². The van der Waals surface area contributed by atoms with E-state index in [1.165, 1.54) is 0 Å². The molecule has 0 unspecified atom stereocenters. The third-order valence-electron chi connectivity index (χ3n) is 3.08. The number of aryl methyl sites for hydroxylation is 1. The Morgan fingerprint density at radius 2 is 2.17 bits per heavy atom. The molecule has 1 aliphatic rings. The number of rotatable bonds is 3. The number of carbonyl (C=O) groups is 1. The Morgan fingerprint density at radius 1 is 1.44 bits per heavy atom. The summed E-state index contributed by atoms with van der Waals surface area (Å²) in [5.41, 5.74) is 1.52. The van der Waals surface area contributed by atoms with E-state index in [4.69, 9.17) is 5.11 Å². The highest BCUT2D eigenvalue weighted by Crippen LogP contribution is 2.33. The minimum Gasteiger partial charge on any atom is -0.481 e. The third kappa shape index (κ3) is 2.33. The van der Waals surface area contributed by atoms with Gasteiger partial charge in [0.25, 0.3) is 0 Å². The zero-order valence-electron chi connectivity index (χ0n) is 10.1. The first-order valence-corrected chi connectivity index (χ1v) is 7.36. The zero-order valence-corrected chi connectivity index (χ0v) is 10.9. The van der Waals surface area contributed by atoms with Gasteiger partial charge in [0.15, 0.2) is 9.84 Å². The van der Waals surface area contributed by atoms with E-state index in [9.17, 15) is 13.2 Å². The lowest BCUT2D eigenvalue weighted by atomic mass is 10.1. The van der Waals surface area contributed by atoms with Crippen LogP contribution in [0.4, 0.5) is 5.69 Å². The molecule has 0 spiro atoms. The minimum absolute atomic E-state index is 0.00776. The van der Waals surface area contributed by atoms with E-state index >= 15 is 0 Å². The minimum atomic E-state index is -3.23. The first-order valence-electron chi connectivity index (χ1n) is 5.71. The van der Waals surface area contributed by atoms with Crippen molar-refractivity contribution in [1.82, 2.24) is 0 Å². The van der Waals surface area contributed by atoms with Gasteiger partial charge in [-0.1, -0.05) is 12.1 Å². The molecule has 18 heavy (non-hydrogen) atoms. The average Bonchev–Trinajstić information content (AvgIpc) is 2.29. The van der Waals surface area contributed by atoms with Crippen LogP contribution in [0.3, 0.4) is 0 Å². The Balaban J connectivity index is 2.42. The van der Waals surface area contributed by atoms with Crippen molar-refractivity contribution in [3.05, 3.63) is 23.8 Å². The van der Waals surface area contributed by atoms with Crippen LogP contribution in [-0.2, 0) is 14.6 Å². The summed E-state index contributed by atoms with van der Waals surface area (Å²) in [6, 6.07) is 5.14. The van der Waals surface area contributed by atoms with Crippen molar-refractivity contribution in [2.24, 2.45) is 0 Å². The van der Waals surface area contributed by atoms with Gasteiger partial charge in [-0.25, -0.2) is 8.42 Å². The van der Waals surface area contributed by atoms with E-state index in [1.54, 1.807) is 12.1 Å². The van der Waals surface area contributed by atoms with Crippen LogP contribution in [0.5, 0.6) is 0 Å². The second kappa shape index (κ2) is 4.61. The Labute approximate surface area is 106 Å². The largest absolute Gasteiger partial charge is 0.481 e. The number of sulfone groups is 1. The number of carboxylic acids is 1. The van der Waals surface area contributed by atoms with Crippen molar-refractivity contribution in [1.29, 1.82) is 0 Å². The van der Waals surface area contributed by atoms with Gasteiger partial charge in [-0.05, 0) is 18.6 Å². The van der Waals surface area contributed by atoms with E-state index in [-0.39, 0.29) is 12.2 Å². The molecule has 1 N–H and O–H groups in total. The maximum Gasteiger partial charge on any atom is 0.305 e. The molecule has 1 aromatic carbocycles. The summed E-state index contributed by atoms with van der Waals surface area (Å²) in [6.07, 6.45) is 0.00776. The lowest BCUT2D eigenvalue weighted by Gasteiger charge is -2.32. The summed E-state index contributed by atoms with van der Waals surface area (Å²) in [6.45, 7) is 2.53. The maximum atomic E-state index is 12.0. The van der Waals surface area contributed by atoms with Gasteiger partial charge in [-0.2, -0.15) is 0 Å². The molecule has 6 heteroatoms. The Bertz CT molecular complexity index is 580. The molecule has 98 valence electrons. The molecule has 0 fully saturated rings.